The van der Waals surface area contributed by atoms with Crippen LogP contribution in [0.5, 0.6) is 5.75 Å². The van der Waals surface area contributed by atoms with E-state index in [-0.39, 0.29) is 19.5 Å². The Kier molecular flexibility index (Phi) is 5.74. The molecule has 2 atom stereocenters. The highest BCUT2D eigenvalue weighted by Gasteiger charge is 2.50. The van der Waals surface area contributed by atoms with Gasteiger partial charge in [-0.2, -0.15) is 0 Å². The monoisotopic (exact) mass is 456 g/mol. The molecule has 3 rings (SSSR count). The van der Waals surface area contributed by atoms with Crippen LogP contribution in [0.3, 0.4) is 0 Å². The average Bonchev–Trinajstić information content (AvgIpc) is 2.64. The number of methoxy groups -OCH3 is 1. The van der Waals surface area contributed by atoms with Gasteiger partial charge in [0.1, 0.15) is 17.4 Å². The second-order valence-electron chi connectivity index (χ2n) is 6.65. The molecule has 1 N–H and O–H groups in total. The van der Waals surface area contributed by atoms with Crippen LogP contribution < -0.4 is 15.0 Å². The van der Waals surface area contributed by atoms with E-state index in [4.69, 9.17) is 4.74 Å². The van der Waals surface area contributed by atoms with Gasteiger partial charge in [-0.25, -0.2) is 13.6 Å². The van der Waals surface area contributed by atoms with Crippen molar-refractivity contribution in [1.29, 1.82) is 0 Å². The fraction of sp³-hybridized carbons (Fsp3) is 0.368. The molecule has 0 fully saturated rings. The van der Waals surface area contributed by atoms with E-state index >= 15 is 0 Å². The van der Waals surface area contributed by atoms with E-state index in [9.17, 15) is 18.4 Å². The summed E-state index contributed by atoms with van der Waals surface area (Å²) in [4.78, 5) is 26.1. The zero-order chi connectivity index (χ0) is 20.5. The Bertz CT molecular complexity index is 873. The molecule has 150 valence electrons. The molecule has 1 heterocycles. The van der Waals surface area contributed by atoms with Crippen LogP contribution in [-0.4, -0.2) is 37.8 Å². The SMILES string of the molecule is COC(=O)NCCN1C(=O)[C@](C)(C2C=C(F)C=C(F)C2)Oc2ccc(Br)cc21. The molecule has 2 aliphatic rings. The number of nitrogens with zero attached hydrogens (tertiary/aromatic N) is 1. The maximum absolute atomic E-state index is 13.8. The van der Waals surface area contributed by atoms with Gasteiger partial charge in [-0.3, -0.25) is 4.79 Å². The second kappa shape index (κ2) is 7.90. The van der Waals surface area contributed by atoms with Crippen LogP contribution in [0.2, 0.25) is 0 Å². The molecule has 1 aliphatic heterocycles. The van der Waals surface area contributed by atoms with Crippen molar-refractivity contribution in [3.8, 4) is 5.75 Å². The molecule has 1 aliphatic carbocycles. The predicted molar refractivity (Wildman–Crippen MR) is 102 cm³/mol. The van der Waals surface area contributed by atoms with Gasteiger partial charge in [-0.05, 0) is 31.2 Å². The fourth-order valence-electron chi connectivity index (χ4n) is 3.31. The second-order valence-corrected chi connectivity index (χ2v) is 7.57. The average molecular weight is 457 g/mol. The molecule has 28 heavy (non-hydrogen) atoms. The third-order valence-electron chi connectivity index (χ3n) is 4.77. The molecule has 0 spiro atoms. The Balaban J connectivity index is 1.94. The number of allylic oxidation sites excluding steroid dienone is 3. The number of fused-ring (bicyclic) bond motifs is 1. The Morgan fingerprint density at radius 1 is 1.46 bits per heavy atom. The van der Waals surface area contributed by atoms with E-state index in [0.717, 1.165) is 10.5 Å². The highest BCUT2D eigenvalue weighted by atomic mass is 79.9. The number of amides is 2. The Hall–Kier alpha value is -2.42. The third-order valence-corrected chi connectivity index (χ3v) is 5.26. The molecular weight excluding hydrogens is 438 g/mol. The molecule has 0 bridgehead atoms. The summed E-state index contributed by atoms with van der Waals surface area (Å²) in [6.45, 7) is 1.78. The first-order valence-electron chi connectivity index (χ1n) is 8.60. The van der Waals surface area contributed by atoms with Gasteiger partial charge in [0, 0.05) is 36.0 Å². The molecule has 1 aromatic carbocycles. The van der Waals surface area contributed by atoms with Crippen molar-refractivity contribution in [3.05, 3.63) is 46.5 Å². The normalized spacial score (nSPS) is 24.0. The Labute approximate surface area is 169 Å². The standard InChI is InChI=1S/C19H19BrF2N2O4/c1-19(11-7-13(21)10-14(22)8-11)17(25)24(6-5-23-18(26)27-2)15-9-12(20)3-4-16(15)28-19/h3-4,7,9-11H,5-6,8H2,1-2H3,(H,23,26)/t11?,19-/m0/s1. The number of hydrogen-bond donors (Lipinski definition) is 1. The molecule has 0 radical (unpaired) electrons. The lowest BCUT2D eigenvalue weighted by molar-refractivity contribution is -0.137. The van der Waals surface area contributed by atoms with Crippen LogP contribution in [0.15, 0.2) is 46.5 Å². The van der Waals surface area contributed by atoms with Gasteiger partial charge in [-0.15, -0.1) is 0 Å². The van der Waals surface area contributed by atoms with E-state index < -0.39 is 35.2 Å². The summed E-state index contributed by atoms with van der Waals surface area (Å²) in [5.74, 6) is -2.26. The molecule has 6 nitrogen and oxygen atoms in total. The Morgan fingerprint density at radius 3 is 2.89 bits per heavy atom. The number of rotatable bonds is 4. The number of alkyl carbamates (subject to hydrolysis) is 1. The summed E-state index contributed by atoms with van der Waals surface area (Å²) in [6, 6.07) is 5.14. The molecule has 2 amide bonds. The van der Waals surface area contributed by atoms with E-state index in [1.54, 1.807) is 18.2 Å². The third kappa shape index (κ3) is 3.89. The summed E-state index contributed by atoms with van der Waals surface area (Å²) in [5, 5.41) is 2.52. The minimum atomic E-state index is -1.50. The molecular formula is C19H19BrF2N2O4. The van der Waals surface area contributed by atoms with Crippen LogP contribution in [0.25, 0.3) is 0 Å². The van der Waals surface area contributed by atoms with Crippen LogP contribution >= 0.6 is 15.9 Å². The van der Waals surface area contributed by atoms with E-state index in [2.05, 4.69) is 26.0 Å². The predicted octanol–water partition coefficient (Wildman–Crippen LogP) is 4.02. The van der Waals surface area contributed by atoms with Crippen LogP contribution in [0.4, 0.5) is 19.3 Å². The fourth-order valence-corrected chi connectivity index (χ4v) is 3.66. The van der Waals surface area contributed by atoms with Crippen molar-refractivity contribution in [2.24, 2.45) is 5.92 Å². The summed E-state index contributed by atoms with van der Waals surface area (Å²) < 4.78 is 38.9. The smallest absolute Gasteiger partial charge is 0.406 e. The van der Waals surface area contributed by atoms with E-state index in [1.807, 2.05) is 0 Å². The number of carbonyl (C=O) groups is 2. The summed E-state index contributed by atoms with van der Waals surface area (Å²) in [6.07, 6.45) is 1.24. The zero-order valence-corrected chi connectivity index (χ0v) is 16.9. The maximum Gasteiger partial charge on any atom is 0.406 e. The topological polar surface area (TPSA) is 67.9 Å². The first kappa shape index (κ1) is 20.3. The minimum absolute atomic E-state index is 0.129. The number of anilines is 1. The first-order valence-corrected chi connectivity index (χ1v) is 9.39. The molecule has 9 heteroatoms. The van der Waals surface area contributed by atoms with E-state index in [1.165, 1.54) is 25.0 Å². The van der Waals surface area contributed by atoms with Crippen molar-refractivity contribution in [2.45, 2.75) is 18.9 Å². The maximum atomic E-state index is 13.8. The van der Waals surface area contributed by atoms with Gasteiger partial charge >= 0.3 is 6.09 Å². The zero-order valence-electron chi connectivity index (χ0n) is 15.3. The molecule has 0 aromatic heterocycles. The number of hydrogen-bond acceptors (Lipinski definition) is 4. The van der Waals surface area contributed by atoms with Crippen molar-refractivity contribution >= 4 is 33.6 Å². The molecule has 0 saturated heterocycles. The van der Waals surface area contributed by atoms with Gasteiger partial charge in [-0.1, -0.05) is 15.9 Å². The quantitative estimate of drug-likeness (QED) is 0.742. The minimum Gasteiger partial charge on any atom is -0.475 e. The number of carbonyl (C=O) groups excluding carboxylic acids is 2. The summed E-state index contributed by atoms with van der Waals surface area (Å²) >= 11 is 3.36. The van der Waals surface area contributed by atoms with Gasteiger partial charge in [0.2, 0.25) is 0 Å². The number of ether oxygens (including phenoxy) is 2. The number of nitrogens with one attached hydrogen (secondary N) is 1. The molecule has 1 unspecified atom stereocenters. The lowest BCUT2D eigenvalue weighted by atomic mass is 9.81. The number of halogens is 3. The number of benzene rings is 1. The highest BCUT2D eigenvalue weighted by Crippen LogP contribution is 2.44. The highest BCUT2D eigenvalue weighted by molar-refractivity contribution is 9.10. The summed E-state index contributed by atoms with van der Waals surface area (Å²) in [7, 11) is 1.24. The van der Waals surface area contributed by atoms with Gasteiger partial charge in [0.05, 0.1) is 12.8 Å². The largest absolute Gasteiger partial charge is 0.475 e. The van der Waals surface area contributed by atoms with E-state index in [0.29, 0.717) is 11.4 Å². The van der Waals surface area contributed by atoms with Crippen LogP contribution in [0, 0.1) is 5.92 Å². The molecule has 0 saturated carbocycles. The van der Waals surface area contributed by atoms with Crippen molar-refractivity contribution < 1.29 is 27.8 Å². The van der Waals surface area contributed by atoms with Gasteiger partial charge in [0.15, 0.2) is 5.60 Å². The first-order chi connectivity index (χ1) is 13.2. The Morgan fingerprint density at radius 2 is 2.21 bits per heavy atom. The summed E-state index contributed by atoms with van der Waals surface area (Å²) in [5.41, 5.74) is -1.01. The lowest BCUT2D eigenvalue weighted by Gasteiger charge is -2.44. The van der Waals surface area contributed by atoms with Crippen molar-refractivity contribution in [3.63, 3.8) is 0 Å². The van der Waals surface area contributed by atoms with Crippen LogP contribution in [0.1, 0.15) is 13.3 Å². The van der Waals surface area contributed by atoms with Crippen molar-refractivity contribution in [1.82, 2.24) is 5.32 Å². The van der Waals surface area contributed by atoms with Crippen LogP contribution in [-0.2, 0) is 9.53 Å². The molecule has 1 aromatic rings. The van der Waals surface area contributed by atoms with Gasteiger partial charge in [0.25, 0.3) is 5.91 Å². The van der Waals surface area contributed by atoms with Gasteiger partial charge < -0.3 is 19.7 Å². The van der Waals surface area contributed by atoms with Crippen molar-refractivity contribution in [2.75, 3.05) is 25.1 Å². The lowest BCUT2D eigenvalue weighted by Crippen LogP contribution is -2.59.